The second kappa shape index (κ2) is 5.37. The third kappa shape index (κ3) is 3.36. The molecule has 0 amide bonds. The molecule has 4 nitrogen and oxygen atoms in total. The standard InChI is InChI=1S/C13H10O4S/c14-9-1-5-11(6-2-9)16-13(18)17-12-7-3-10(15)4-8-12/h1-8,14-15H. The Morgan fingerprint density at radius 3 is 1.39 bits per heavy atom. The molecule has 2 rings (SSSR count). The minimum Gasteiger partial charge on any atom is -0.508 e. The van der Waals surface area contributed by atoms with E-state index in [1.165, 1.54) is 24.3 Å². The van der Waals surface area contributed by atoms with Crippen molar-refractivity contribution in [3.8, 4) is 23.0 Å². The SMILES string of the molecule is Oc1ccc(OC(=S)Oc2ccc(O)cc2)cc1. The highest BCUT2D eigenvalue weighted by Crippen LogP contribution is 2.19. The maximum Gasteiger partial charge on any atom is 0.363 e. The fourth-order valence-electron chi connectivity index (χ4n) is 1.24. The normalized spacial score (nSPS) is 9.78. The predicted octanol–water partition coefficient (Wildman–Crippen LogP) is 2.84. The summed E-state index contributed by atoms with van der Waals surface area (Å²) in [5, 5.41) is 18.2. The third-order valence-corrected chi connectivity index (χ3v) is 2.24. The molecule has 0 aliphatic rings. The summed E-state index contributed by atoms with van der Waals surface area (Å²) in [6, 6.07) is 12.2. The maximum absolute atomic E-state index is 9.11. The zero-order valence-corrected chi connectivity index (χ0v) is 10.1. The van der Waals surface area contributed by atoms with E-state index >= 15 is 0 Å². The Labute approximate surface area is 109 Å². The van der Waals surface area contributed by atoms with Crippen molar-refractivity contribution in [2.45, 2.75) is 0 Å². The number of rotatable bonds is 2. The number of thiocarbonyl (C=S) groups is 1. The van der Waals surface area contributed by atoms with Crippen molar-refractivity contribution in [1.82, 2.24) is 0 Å². The molecule has 0 aromatic heterocycles. The molecule has 0 aliphatic heterocycles. The Kier molecular flexibility index (Phi) is 3.64. The summed E-state index contributed by atoms with van der Waals surface area (Å²) in [6.45, 7) is 0. The van der Waals surface area contributed by atoms with E-state index in [1.807, 2.05) is 0 Å². The largest absolute Gasteiger partial charge is 0.508 e. The topological polar surface area (TPSA) is 58.9 Å². The van der Waals surface area contributed by atoms with E-state index in [9.17, 15) is 0 Å². The fraction of sp³-hybridized carbons (Fsp3) is 0. The van der Waals surface area contributed by atoms with Crippen LogP contribution >= 0.6 is 12.2 Å². The molecule has 0 aliphatic carbocycles. The monoisotopic (exact) mass is 262 g/mol. The molecule has 0 atom stereocenters. The fourth-order valence-corrected chi connectivity index (χ4v) is 1.43. The number of phenolic OH excluding ortho intramolecular Hbond substituents is 2. The number of aromatic hydroxyl groups is 2. The highest BCUT2D eigenvalue weighted by atomic mass is 32.1. The van der Waals surface area contributed by atoms with Gasteiger partial charge in [-0.05, 0) is 48.5 Å². The molecule has 0 fully saturated rings. The second-order valence-electron chi connectivity index (χ2n) is 3.44. The van der Waals surface area contributed by atoms with Crippen LogP contribution in [0.4, 0.5) is 0 Å². The molecule has 18 heavy (non-hydrogen) atoms. The number of phenols is 2. The zero-order chi connectivity index (χ0) is 13.0. The van der Waals surface area contributed by atoms with Gasteiger partial charge < -0.3 is 19.7 Å². The highest BCUT2D eigenvalue weighted by Gasteiger charge is 2.03. The van der Waals surface area contributed by atoms with Gasteiger partial charge in [-0.25, -0.2) is 0 Å². The van der Waals surface area contributed by atoms with Crippen LogP contribution in [0.15, 0.2) is 48.5 Å². The first-order valence-corrected chi connectivity index (χ1v) is 5.52. The predicted molar refractivity (Wildman–Crippen MR) is 70.1 cm³/mol. The third-order valence-electron chi connectivity index (χ3n) is 2.08. The van der Waals surface area contributed by atoms with Crippen molar-refractivity contribution in [3.63, 3.8) is 0 Å². The van der Waals surface area contributed by atoms with Crippen molar-refractivity contribution in [3.05, 3.63) is 48.5 Å². The van der Waals surface area contributed by atoms with Gasteiger partial charge in [0, 0.05) is 12.2 Å². The van der Waals surface area contributed by atoms with Crippen molar-refractivity contribution >= 4 is 17.5 Å². The van der Waals surface area contributed by atoms with Crippen LogP contribution in [-0.2, 0) is 0 Å². The number of hydrogen-bond donors (Lipinski definition) is 2. The van der Waals surface area contributed by atoms with Gasteiger partial charge in [-0.1, -0.05) is 0 Å². The highest BCUT2D eigenvalue weighted by molar-refractivity contribution is 7.79. The first kappa shape index (κ1) is 12.2. The minimum atomic E-state index is -0.0635. The Hall–Kier alpha value is -2.27. The summed E-state index contributed by atoms with van der Waals surface area (Å²) >= 11 is 4.91. The second-order valence-corrected chi connectivity index (χ2v) is 3.78. The summed E-state index contributed by atoms with van der Waals surface area (Å²) in [4.78, 5) is 0. The van der Waals surface area contributed by atoms with Crippen molar-refractivity contribution in [1.29, 1.82) is 0 Å². The van der Waals surface area contributed by atoms with Crippen molar-refractivity contribution in [2.24, 2.45) is 0 Å². The van der Waals surface area contributed by atoms with E-state index in [4.69, 9.17) is 31.9 Å². The molecule has 0 saturated carbocycles. The van der Waals surface area contributed by atoms with Crippen molar-refractivity contribution < 1.29 is 19.7 Å². The van der Waals surface area contributed by atoms with Gasteiger partial charge in [0.1, 0.15) is 23.0 Å². The van der Waals surface area contributed by atoms with E-state index < -0.39 is 0 Å². The molecular formula is C13H10O4S. The van der Waals surface area contributed by atoms with Crippen LogP contribution in [0.2, 0.25) is 0 Å². The molecule has 2 N–H and O–H groups in total. The van der Waals surface area contributed by atoms with Crippen molar-refractivity contribution in [2.75, 3.05) is 0 Å². The molecule has 0 saturated heterocycles. The molecule has 92 valence electrons. The lowest BCUT2D eigenvalue weighted by atomic mass is 10.3. The average molecular weight is 262 g/mol. The number of hydrogen-bond acceptors (Lipinski definition) is 5. The Morgan fingerprint density at radius 2 is 1.06 bits per heavy atom. The van der Waals surface area contributed by atoms with Gasteiger partial charge in [-0.2, -0.15) is 0 Å². The summed E-state index contributed by atoms with van der Waals surface area (Å²) in [5.41, 5.74) is 0. The molecular weight excluding hydrogens is 252 g/mol. The van der Waals surface area contributed by atoms with Crippen LogP contribution in [0.25, 0.3) is 0 Å². The lowest BCUT2D eigenvalue weighted by molar-refractivity contribution is 0.401. The Balaban J connectivity index is 1.96. The first-order valence-electron chi connectivity index (χ1n) is 5.11. The van der Waals surface area contributed by atoms with Gasteiger partial charge >= 0.3 is 5.24 Å². The molecule has 0 unspecified atom stereocenters. The quantitative estimate of drug-likeness (QED) is 0.815. The zero-order valence-electron chi connectivity index (χ0n) is 9.24. The molecule has 2 aromatic carbocycles. The van der Waals surface area contributed by atoms with Gasteiger partial charge in [0.05, 0.1) is 0 Å². The van der Waals surface area contributed by atoms with E-state index in [1.54, 1.807) is 24.3 Å². The molecule has 0 bridgehead atoms. The summed E-state index contributed by atoms with van der Waals surface area (Å²) in [7, 11) is 0. The lowest BCUT2D eigenvalue weighted by Gasteiger charge is -2.08. The van der Waals surface area contributed by atoms with Gasteiger partial charge in [-0.15, -0.1) is 0 Å². The van der Waals surface area contributed by atoms with Gasteiger partial charge in [0.25, 0.3) is 0 Å². The van der Waals surface area contributed by atoms with Gasteiger partial charge in [0.2, 0.25) is 0 Å². The minimum absolute atomic E-state index is 0.0635. The van der Waals surface area contributed by atoms with E-state index in [-0.39, 0.29) is 16.7 Å². The summed E-state index contributed by atoms with van der Waals surface area (Å²) in [6.07, 6.45) is 0. The lowest BCUT2D eigenvalue weighted by Crippen LogP contribution is -2.13. The first-order chi connectivity index (χ1) is 8.63. The van der Waals surface area contributed by atoms with E-state index in [0.717, 1.165) is 0 Å². The van der Waals surface area contributed by atoms with Crippen LogP contribution in [-0.4, -0.2) is 15.4 Å². The molecule has 0 radical (unpaired) electrons. The van der Waals surface area contributed by atoms with E-state index in [0.29, 0.717) is 11.5 Å². The van der Waals surface area contributed by atoms with Crippen LogP contribution in [0.5, 0.6) is 23.0 Å². The van der Waals surface area contributed by atoms with Crippen LogP contribution in [0.1, 0.15) is 0 Å². The smallest absolute Gasteiger partial charge is 0.363 e. The Bertz CT molecular complexity index is 484. The number of benzene rings is 2. The molecule has 5 heteroatoms. The van der Waals surface area contributed by atoms with Crippen LogP contribution in [0, 0.1) is 0 Å². The van der Waals surface area contributed by atoms with Crippen LogP contribution in [0.3, 0.4) is 0 Å². The average Bonchev–Trinajstić information content (AvgIpc) is 2.35. The summed E-state index contributed by atoms with van der Waals surface area (Å²) in [5.74, 6) is 1.23. The number of ether oxygens (including phenoxy) is 2. The Morgan fingerprint density at radius 1 is 0.722 bits per heavy atom. The van der Waals surface area contributed by atoms with Crippen LogP contribution < -0.4 is 9.47 Å². The van der Waals surface area contributed by atoms with E-state index in [2.05, 4.69) is 0 Å². The van der Waals surface area contributed by atoms with Gasteiger partial charge in [-0.3, -0.25) is 0 Å². The molecule has 2 aromatic rings. The maximum atomic E-state index is 9.11. The summed E-state index contributed by atoms with van der Waals surface area (Å²) < 4.78 is 10.5. The van der Waals surface area contributed by atoms with Gasteiger partial charge in [0.15, 0.2) is 0 Å². The molecule has 0 spiro atoms. The molecule has 0 heterocycles.